The predicted octanol–water partition coefficient (Wildman–Crippen LogP) is 0.470. The number of unbranched alkanes of at least 4 members (excludes halogenated alkanes) is 1. The van der Waals surface area contributed by atoms with E-state index >= 15 is 9.59 Å². The van der Waals surface area contributed by atoms with E-state index in [0.29, 0.717) is 46.7 Å². The van der Waals surface area contributed by atoms with Gasteiger partial charge in [0.05, 0.1) is 12.6 Å². The van der Waals surface area contributed by atoms with Crippen molar-refractivity contribution in [3.63, 3.8) is 0 Å². The highest BCUT2D eigenvalue weighted by Gasteiger charge is 2.37. The molecule has 1 aliphatic rings. The maximum Gasteiger partial charge on any atom is 0.251 e. The summed E-state index contributed by atoms with van der Waals surface area (Å²) in [4.78, 5) is 155. The van der Waals surface area contributed by atoms with Crippen LogP contribution in [0.15, 0.2) is 127 Å². The van der Waals surface area contributed by atoms with E-state index < -0.39 is 126 Å². The van der Waals surface area contributed by atoms with Gasteiger partial charge < -0.3 is 80.0 Å². The van der Waals surface area contributed by atoms with Crippen molar-refractivity contribution >= 4 is 98.2 Å². The number of nitrogens with one attached hydrogen (secondary N) is 10. The first kappa shape index (κ1) is 72.8. The number of hydrogen-bond donors (Lipinski definition) is 15. The molecule has 0 unspecified atom stereocenters. The molecule has 1 heterocycles. The average Bonchev–Trinajstić information content (AvgIpc) is 1.17. The van der Waals surface area contributed by atoms with Gasteiger partial charge in [0.25, 0.3) is 5.91 Å². The molecule has 0 radical (unpaired) electrons. The van der Waals surface area contributed by atoms with Crippen molar-refractivity contribution < 1.29 is 68.1 Å². The quantitative estimate of drug-likeness (QED) is 0.0279. The van der Waals surface area contributed by atoms with Crippen molar-refractivity contribution in [3.05, 3.63) is 166 Å². The third kappa shape index (κ3) is 24.1. The molecule has 6 rings (SSSR count). The third-order valence-electron chi connectivity index (χ3n) is 14.8. The Morgan fingerprint density at radius 2 is 1.16 bits per heavy atom. The summed E-state index contributed by atoms with van der Waals surface area (Å²) in [6.07, 6.45) is -1.46. The first-order valence-corrected chi connectivity index (χ1v) is 32.6. The molecule has 29 heteroatoms. The van der Waals surface area contributed by atoms with Gasteiger partial charge in [-0.05, 0) is 136 Å². The zero-order valence-corrected chi connectivity index (χ0v) is 53.4. The van der Waals surface area contributed by atoms with Crippen LogP contribution in [-0.2, 0) is 68.8 Å². The number of halogens is 1. The molecule has 5 aromatic rings. The third-order valence-corrected chi connectivity index (χ3v) is 17.4. The van der Waals surface area contributed by atoms with Crippen molar-refractivity contribution in [2.45, 2.75) is 113 Å². The maximum absolute atomic E-state index is 15.1. The summed E-state index contributed by atoms with van der Waals surface area (Å²) in [5, 5.41) is 58.3. The van der Waals surface area contributed by atoms with Gasteiger partial charge in [0.15, 0.2) is 0 Å². The van der Waals surface area contributed by atoms with Crippen LogP contribution in [0.25, 0.3) is 0 Å². The number of phenolic OH excluding ortho intramolecular Hbond substituents is 2. The minimum Gasteiger partial charge on any atom is -0.508 e. The summed E-state index contributed by atoms with van der Waals surface area (Å²) in [5.41, 5.74) is 13.7. The summed E-state index contributed by atoms with van der Waals surface area (Å²) >= 11 is 6.20. The van der Waals surface area contributed by atoms with Crippen LogP contribution in [0.5, 0.6) is 11.5 Å². The SMILES string of the molecule is CNCCCC[C@@H]1NC(=O)[C@@H](Cc2ccc(C(N)=O)cc2)NC(=O)[C@H](Cc2ccc(O)cc2)NC(=O)[C@H](NC(=O)[C@H](Cc2ccc(Cl)cc2)NC(=O)CNC(=O)c2ccccc2)CSSC[C@@H](C(=O)N[C@H](CCc2ccc(O)cc2)C(N)=O)NC(=O)[C@H]([C@@H](C)O)NC1=O. The van der Waals surface area contributed by atoms with Gasteiger partial charge in [0, 0.05) is 46.9 Å². The molecule has 0 spiro atoms. The topological polar surface area (TPSA) is 421 Å². The fourth-order valence-corrected chi connectivity index (χ4v) is 12.0. The summed E-state index contributed by atoms with van der Waals surface area (Å²) in [6.45, 7) is 1.13. The van der Waals surface area contributed by atoms with Crippen LogP contribution in [0.3, 0.4) is 0 Å². The average molecular weight is 1340 g/mol. The fourth-order valence-electron chi connectivity index (χ4n) is 9.55. The number of phenols is 2. The number of carbonyl (C=O) groups is 11. The molecule has 11 amide bonds. The predicted molar refractivity (Wildman–Crippen MR) is 350 cm³/mol. The molecule has 5 aromatic carbocycles. The Morgan fingerprint density at radius 3 is 1.74 bits per heavy atom. The summed E-state index contributed by atoms with van der Waals surface area (Å²) in [7, 11) is 3.52. The number of carbonyl (C=O) groups excluding carboxylic acids is 11. The highest BCUT2D eigenvalue weighted by atomic mass is 35.5. The van der Waals surface area contributed by atoms with Gasteiger partial charge >= 0.3 is 0 Å². The Morgan fingerprint density at radius 1 is 0.613 bits per heavy atom. The molecule has 17 N–H and O–H groups in total. The van der Waals surface area contributed by atoms with Crippen LogP contribution < -0.4 is 64.6 Å². The molecule has 0 saturated carbocycles. The standard InChI is InChI=1S/C64H77ClN12O14S2/c1-36(78)54-64(91)76-52(62(89)71-46(56(67)83)28-19-37-15-24-44(79)25-16-37)35-93-92-34-51(75-59(86)48(30-39-13-22-43(65)23-14-39)70-53(81)33-69-57(84)42-8-4-3-5-9-42)63(90)74-50(32-40-17-26-45(80)27-18-40)61(88)73-49(31-38-11-20-41(21-12-38)55(66)82)60(87)72-47(58(85)77-54)10-6-7-29-68-2/h3-5,8-9,11-18,20-27,36,46-52,54,68,78-80H,6-7,10,19,28-35H2,1-2H3,(H2,66,82)(H2,67,83)(H,69,84)(H,70,81)(H,71,89)(H,72,87)(H,73,88)(H,74,90)(H,75,86)(H,76,91)(H,77,85)/t36-,46-,47+,48+,49-,50+,51-,52+,54+/m1/s1. The number of aliphatic hydroxyl groups is 1. The number of primary amides is 2. The molecule has 1 saturated heterocycles. The number of aryl methyl sites for hydroxylation is 1. The second kappa shape index (κ2) is 36.7. The lowest BCUT2D eigenvalue weighted by molar-refractivity contribution is -0.136. The highest BCUT2D eigenvalue weighted by molar-refractivity contribution is 8.76. The van der Waals surface area contributed by atoms with Gasteiger partial charge in [-0.3, -0.25) is 52.7 Å². The second-order valence-corrected chi connectivity index (χ2v) is 25.0. The fraction of sp³-hybridized carbons (Fsp3) is 0.359. The molecule has 93 heavy (non-hydrogen) atoms. The smallest absolute Gasteiger partial charge is 0.251 e. The van der Waals surface area contributed by atoms with E-state index in [1.165, 1.54) is 79.7 Å². The normalized spacial score (nSPS) is 19.5. The summed E-state index contributed by atoms with van der Waals surface area (Å²) in [5.74, 6) is -10.7. The lowest BCUT2D eigenvalue weighted by Gasteiger charge is -2.29. The van der Waals surface area contributed by atoms with Crippen molar-refractivity contribution in [1.29, 1.82) is 0 Å². The van der Waals surface area contributed by atoms with E-state index in [-0.39, 0.29) is 72.7 Å². The number of hydrogen-bond acceptors (Lipinski definition) is 17. The zero-order chi connectivity index (χ0) is 67.6. The number of aliphatic hydroxyl groups excluding tert-OH is 1. The summed E-state index contributed by atoms with van der Waals surface area (Å²) in [6, 6.07) is 19.6. The Hall–Kier alpha value is -9.22. The van der Waals surface area contributed by atoms with Gasteiger partial charge in [0.2, 0.25) is 59.1 Å². The molecule has 0 bridgehead atoms. The van der Waals surface area contributed by atoms with Crippen LogP contribution in [0.2, 0.25) is 5.02 Å². The first-order chi connectivity index (χ1) is 44.5. The van der Waals surface area contributed by atoms with Gasteiger partial charge in [-0.15, -0.1) is 0 Å². The number of amides is 11. The van der Waals surface area contributed by atoms with Crippen LogP contribution >= 0.6 is 33.2 Å². The Balaban J connectivity index is 1.42. The Kier molecular flexibility index (Phi) is 28.8. The molecular weight excluding hydrogens is 1260 g/mol. The van der Waals surface area contributed by atoms with E-state index in [4.69, 9.17) is 23.1 Å². The first-order valence-electron chi connectivity index (χ1n) is 29.8. The van der Waals surface area contributed by atoms with Gasteiger partial charge in [-0.1, -0.05) is 99.9 Å². The van der Waals surface area contributed by atoms with Crippen molar-refractivity contribution in [1.82, 2.24) is 53.2 Å². The molecular formula is C64H77ClN12O14S2. The van der Waals surface area contributed by atoms with Gasteiger partial charge in [-0.2, -0.15) is 0 Å². The number of benzene rings is 5. The van der Waals surface area contributed by atoms with E-state index in [1.807, 2.05) is 0 Å². The largest absolute Gasteiger partial charge is 0.508 e. The number of nitrogens with two attached hydrogens (primary N) is 2. The molecule has 26 nitrogen and oxygen atoms in total. The highest BCUT2D eigenvalue weighted by Crippen LogP contribution is 2.25. The monoisotopic (exact) mass is 1340 g/mol. The van der Waals surface area contributed by atoms with Gasteiger partial charge in [0.1, 0.15) is 59.8 Å². The lowest BCUT2D eigenvalue weighted by atomic mass is 10.00. The second-order valence-electron chi connectivity index (χ2n) is 22.0. The van der Waals surface area contributed by atoms with Crippen LogP contribution in [0.4, 0.5) is 0 Å². The van der Waals surface area contributed by atoms with Crippen molar-refractivity contribution in [3.8, 4) is 11.5 Å². The minimum atomic E-state index is -1.79. The van der Waals surface area contributed by atoms with Crippen molar-refractivity contribution in [2.75, 3.05) is 31.6 Å². The van der Waals surface area contributed by atoms with E-state index in [2.05, 4.69) is 53.2 Å². The van der Waals surface area contributed by atoms with Crippen molar-refractivity contribution in [2.24, 2.45) is 11.5 Å². The molecule has 9 atom stereocenters. The minimum absolute atomic E-state index is 0.00416. The lowest BCUT2D eigenvalue weighted by Crippen LogP contribution is -2.62. The zero-order valence-electron chi connectivity index (χ0n) is 51.0. The molecule has 0 aliphatic carbocycles. The van der Waals surface area contributed by atoms with Gasteiger partial charge in [-0.25, -0.2) is 0 Å². The van der Waals surface area contributed by atoms with E-state index in [9.17, 15) is 58.5 Å². The molecule has 1 aliphatic heterocycles. The van der Waals surface area contributed by atoms with Crippen LogP contribution in [0, 0.1) is 0 Å². The molecule has 1 fully saturated rings. The van der Waals surface area contributed by atoms with E-state index in [0.717, 1.165) is 21.6 Å². The Bertz CT molecular complexity index is 3390. The van der Waals surface area contributed by atoms with E-state index in [1.54, 1.807) is 61.6 Å². The Labute approximate surface area is 549 Å². The molecule has 0 aromatic heterocycles. The number of rotatable bonds is 25. The maximum atomic E-state index is 15.1. The number of aromatic hydroxyl groups is 2. The molecule has 496 valence electrons. The van der Waals surface area contributed by atoms with Crippen LogP contribution in [0.1, 0.15) is 75.6 Å². The summed E-state index contributed by atoms with van der Waals surface area (Å²) < 4.78 is 0. The van der Waals surface area contributed by atoms with Crippen LogP contribution in [-0.4, -0.2) is 166 Å².